The van der Waals surface area contributed by atoms with Gasteiger partial charge in [0.2, 0.25) is 10.0 Å². The molecule has 0 unspecified atom stereocenters. The first-order valence-corrected chi connectivity index (χ1v) is 12.4. The smallest absolute Gasteiger partial charge is 0.235 e. The second-order valence-corrected chi connectivity index (χ2v) is 10.0. The lowest BCUT2D eigenvalue weighted by Gasteiger charge is -2.28. The van der Waals surface area contributed by atoms with Gasteiger partial charge >= 0.3 is 0 Å². The van der Waals surface area contributed by atoms with Crippen LogP contribution in [0.3, 0.4) is 0 Å². The van der Waals surface area contributed by atoms with Gasteiger partial charge in [-0.25, -0.2) is 18.4 Å². The normalized spacial score (nSPS) is 18.1. The summed E-state index contributed by atoms with van der Waals surface area (Å²) in [6.07, 6.45) is 6.09. The van der Waals surface area contributed by atoms with Gasteiger partial charge in [0.1, 0.15) is 12.1 Å². The number of sulfonamides is 1. The van der Waals surface area contributed by atoms with Crippen LogP contribution < -0.4 is 14.9 Å². The summed E-state index contributed by atoms with van der Waals surface area (Å²) in [6, 6.07) is 7.80. The third-order valence-corrected chi connectivity index (χ3v) is 7.85. The first-order chi connectivity index (χ1) is 15.6. The number of piperidine rings is 1. The molecule has 4 heterocycles. The standard InChI is InChI=1S/C22H26N6O3S/c29-32(30,19-3-5-23-6-4-19)27-18-11-17(13-24-14-18)16-1-2-21-20(12-16)22(26-15-25-21)28-7-9-31-10-8-28/h1-2,11-15,19,23,27H,3-10H2. The highest BCUT2D eigenvalue weighted by Crippen LogP contribution is 2.30. The molecule has 0 spiro atoms. The van der Waals surface area contributed by atoms with E-state index >= 15 is 0 Å². The Morgan fingerprint density at radius 3 is 2.66 bits per heavy atom. The van der Waals surface area contributed by atoms with Gasteiger partial charge < -0.3 is 15.0 Å². The van der Waals surface area contributed by atoms with Crippen molar-refractivity contribution < 1.29 is 13.2 Å². The van der Waals surface area contributed by atoms with Crippen molar-refractivity contribution in [2.75, 3.05) is 49.0 Å². The van der Waals surface area contributed by atoms with Gasteiger partial charge in [-0.05, 0) is 49.7 Å². The van der Waals surface area contributed by atoms with Crippen molar-refractivity contribution in [1.29, 1.82) is 0 Å². The molecular formula is C22H26N6O3S. The number of rotatable bonds is 5. The average molecular weight is 455 g/mol. The van der Waals surface area contributed by atoms with E-state index in [-0.39, 0.29) is 5.25 Å². The molecule has 0 aliphatic carbocycles. The fraction of sp³-hybridized carbons (Fsp3) is 0.409. The number of hydrogen-bond acceptors (Lipinski definition) is 8. The van der Waals surface area contributed by atoms with Gasteiger partial charge in [0.25, 0.3) is 0 Å². The molecule has 168 valence electrons. The van der Waals surface area contributed by atoms with Crippen LogP contribution in [0.4, 0.5) is 11.5 Å². The molecule has 0 saturated carbocycles. The molecule has 2 fully saturated rings. The molecule has 2 N–H and O–H groups in total. The minimum absolute atomic E-state index is 0.388. The van der Waals surface area contributed by atoms with Gasteiger partial charge in [-0.15, -0.1) is 0 Å². The van der Waals surface area contributed by atoms with Gasteiger partial charge in [0.05, 0.1) is 35.9 Å². The Hall–Kier alpha value is -2.82. The highest BCUT2D eigenvalue weighted by Gasteiger charge is 2.27. The van der Waals surface area contributed by atoms with Gasteiger partial charge in [0, 0.05) is 30.2 Å². The number of nitrogens with one attached hydrogen (secondary N) is 2. The van der Waals surface area contributed by atoms with Crippen molar-refractivity contribution in [1.82, 2.24) is 20.3 Å². The predicted octanol–water partition coefficient (Wildman–Crippen LogP) is 2.02. The molecule has 32 heavy (non-hydrogen) atoms. The summed E-state index contributed by atoms with van der Waals surface area (Å²) in [7, 11) is -3.46. The van der Waals surface area contributed by atoms with Crippen molar-refractivity contribution >= 4 is 32.4 Å². The van der Waals surface area contributed by atoms with E-state index in [2.05, 4.69) is 29.9 Å². The van der Waals surface area contributed by atoms with Crippen molar-refractivity contribution in [3.63, 3.8) is 0 Å². The van der Waals surface area contributed by atoms with E-state index in [1.807, 2.05) is 24.3 Å². The van der Waals surface area contributed by atoms with Gasteiger partial charge in [-0.3, -0.25) is 9.71 Å². The first kappa shape index (κ1) is 21.0. The SMILES string of the molecule is O=S(=O)(Nc1cncc(-c2ccc3ncnc(N4CCOCC4)c3c2)c1)C1CCNCC1. The Labute approximate surface area is 187 Å². The molecule has 5 rings (SSSR count). The van der Waals surface area contributed by atoms with E-state index < -0.39 is 10.0 Å². The number of fused-ring (bicyclic) bond motifs is 1. The zero-order valence-corrected chi connectivity index (χ0v) is 18.5. The zero-order valence-electron chi connectivity index (χ0n) is 17.7. The van der Waals surface area contributed by atoms with Crippen molar-refractivity contribution in [3.05, 3.63) is 43.0 Å². The second kappa shape index (κ2) is 8.97. The lowest BCUT2D eigenvalue weighted by Crippen LogP contribution is -2.38. The molecular weight excluding hydrogens is 428 g/mol. The Kier molecular flexibility index (Phi) is 5.90. The number of ether oxygens (including phenoxy) is 1. The van der Waals surface area contributed by atoms with E-state index in [0.717, 1.165) is 40.9 Å². The topological polar surface area (TPSA) is 109 Å². The van der Waals surface area contributed by atoms with Crippen LogP contribution in [0, 0.1) is 0 Å². The van der Waals surface area contributed by atoms with Crippen molar-refractivity contribution in [2.45, 2.75) is 18.1 Å². The van der Waals surface area contributed by atoms with Crippen LogP contribution in [0.1, 0.15) is 12.8 Å². The van der Waals surface area contributed by atoms with E-state index in [1.165, 1.54) is 0 Å². The summed E-state index contributed by atoms with van der Waals surface area (Å²) in [5, 5.41) is 3.76. The summed E-state index contributed by atoms with van der Waals surface area (Å²) in [5.74, 6) is 0.885. The highest BCUT2D eigenvalue weighted by atomic mass is 32.2. The summed E-state index contributed by atoms with van der Waals surface area (Å²) in [5.41, 5.74) is 3.09. The summed E-state index contributed by atoms with van der Waals surface area (Å²) >= 11 is 0. The van der Waals surface area contributed by atoms with Gasteiger partial charge in [0.15, 0.2) is 0 Å². The number of pyridine rings is 1. The lowest BCUT2D eigenvalue weighted by molar-refractivity contribution is 0.122. The molecule has 1 aromatic carbocycles. The van der Waals surface area contributed by atoms with Gasteiger partial charge in [-0.2, -0.15) is 0 Å². The van der Waals surface area contributed by atoms with E-state index in [0.29, 0.717) is 44.8 Å². The third-order valence-electron chi connectivity index (χ3n) is 5.98. The van der Waals surface area contributed by atoms with Crippen LogP contribution in [0.15, 0.2) is 43.0 Å². The Bertz CT molecular complexity index is 1210. The maximum atomic E-state index is 12.8. The van der Waals surface area contributed by atoms with E-state index in [1.54, 1.807) is 18.7 Å². The molecule has 2 aromatic heterocycles. The van der Waals surface area contributed by atoms with Crippen LogP contribution in [0.25, 0.3) is 22.0 Å². The third kappa shape index (κ3) is 4.38. The molecule has 0 amide bonds. The maximum absolute atomic E-state index is 12.8. The molecule has 3 aromatic rings. The molecule has 9 nitrogen and oxygen atoms in total. The van der Waals surface area contributed by atoms with Crippen LogP contribution in [0.2, 0.25) is 0 Å². The largest absolute Gasteiger partial charge is 0.378 e. The van der Waals surface area contributed by atoms with Crippen LogP contribution >= 0.6 is 0 Å². The zero-order chi connectivity index (χ0) is 22.0. The monoisotopic (exact) mass is 454 g/mol. The molecule has 2 saturated heterocycles. The van der Waals surface area contributed by atoms with E-state index in [9.17, 15) is 8.42 Å². The minimum atomic E-state index is -3.46. The van der Waals surface area contributed by atoms with Crippen molar-refractivity contribution in [2.24, 2.45) is 0 Å². The molecule has 0 bridgehead atoms. The molecule has 0 atom stereocenters. The molecule has 2 aliphatic heterocycles. The maximum Gasteiger partial charge on any atom is 0.235 e. The quantitative estimate of drug-likeness (QED) is 0.603. The Morgan fingerprint density at radius 1 is 1.03 bits per heavy atom. The van der Waals surface area contributed by atoms with Gasteiger partial charge in [-0.1, -0.05) is 6.07 Å². The minimum Gasteiger partial charge on any atom is -0.378 e. The fourth-order valence-corrected chi connectivity index (χ4v) is 5.72. The molecule has 2 aliphatic rings. The molecule has 10 heteroatoms. The number of benzene rings is 1. The summed E-state index contributed by atoms with van der Waals surface area (Å²) in [4.78, 5) is 15.4. The number of aromatic nitrogens is 3. The predicted molar refractivity (Wildman–Crippen MR) is 124 cm³/mol. The number of anilines is 2. The van der Waals surface area contributed by atoms with Crippen molar-refractivity contribution in [3.8, 4) is 11.1 Å². The molecule has 0 radical (unpaired) electrons. The second-order valence-electron chi connectivity index (χ2n) is 8.09. The number of nitrogens with zero attached hydrogens (tertiary/aromatic N) is 4. The van der Waals surface area contributed by atoms with Crippen LogP contribution in [-0.2, 0) is 14.8 Å². The fourth-order valence-electron chi connectivity index (χ4n) is 4.26. The van der Waals surface area contributed by atoms with E-state index in [4.69, 9.17) is 4.74 Å². The first-order valence-electron chi connectivity index (χ1n) is 10.9. The lowest BCUT2D eigenvalue weighted by atomic mass is 10.0. The highest BCUT2D eigenvalue weighted by molar-refractivity contribution is 7.93. The Balaban J connectivity index is 1.45. The number of morpholine rings is 1. The van der Waals surface area contributed by atoms with Crippen LogP contribution in [0.5, 0.6) is 0 Å². The average Bonchev–Trinajstić information content (AvgIpc) is 2.84. The summed E-state index contributed by atoms with van der Waals surface area (Å²) in [6.45, 7) is 4.35. The Morgan fingerprint density at radius 2 is 1.84 bits per heavy atom. The summed E-state index contributed by atoms with van der Waals surface area (Å²) < 4.78 is 33.8. The number of hydrogen-bond donors (Lipinski definition) is 2. The van der Waals surface area contributed by atoms with Crippen LogP contribution in [-0.4, -0.2) is 68.0 Å².